The third-order valence-corrected chi connectivity index (χ3v) is 8.66. The van der Waals surface area contributed by atoms with Crippen LogP contribution in [0.3, 0.4) is 0 Å². The highest BCUT2D eigenvalue weighted by atomic mass is 32.2. The molecule has 0 atom stereocenters. The second-order valence-corrected chi connectivity index (χ2v) is 12.1. The highest BCUT2D eigenvalue weighted by Gasteiger charge is 2.25. The second-order valence-electron chi connectivity index (χ2n) is 8.15. The molecule has 1 aliphatic rings. The lowest BCUT2D eigenvalue weighted by Gasteiger charge is -2.25. The molecule has 1 saturated heterocycles. The average molecular weight is 526 g/mol. The smallest absolute Gasteiger partial charge is 0.258 e. The first-order chi connectivity index (χ1) is 16.6. The maximum atomic E-state index is 12.7. The van der Waals surface area contributed by atoms with Crippen LogP contribution >= 0.6 is 0 Å². The van der Waals surface area contributed by atoms with Crippen LogP contribution in [0.25, 0.3) is 0 Å². The molecule has 0 unspecified atom stereocenters. The Kier molecular flexibility index (Phi) is 8.98. The highest BCUT2D eigenvalue weighted by molar-refractivity contribution is 7.92. The molecule has 1 fully saturated rings. The summed E-state index contributed by atoms with van der Waals surface area (Å²) in [5, 5.41) is 2.67. The molecule has 2 aromatic carbocycles. The normalized spacial score (nSPS) is 14.8. The molecule has 1 heterocycles. The summed E-state index contributed by atoms with van der Waals surface area (Å²) in [5.41, 5.74) is 0.485. The van der Waals surface area contributed by atoms with Gasteiger partial charge in [-0.3, -0.25) is 9.10 Å². The fourth-order valence-corrected chi connectivity index (χ4v) is 5.49. The van der Waals surface area contributed by atoms with E-state index in [1.54, 1.807) is 36.4 Å². The maximum Gasteiger partial charge on any atom is 0.258 e. The number of rotatable bonds is 11. The lowest BCUT2D eigenvalue weighted by Crippen LogP contribution is -2.35. The Morgan fingerprint density at radius 1 is 0.914 bits per heavy atom. The number of ether oxygens (including phenoxy) is 2. The molecule has 0 radical (unpaired) electrons. The Morgan fingerprint density at radius 3 is 2.09 bits per heavy atom. The molecule has 3 rings (SSSR count). The summed E-state index contributed by atoms with van der Waals surface area (Å²) >= 11 is 0. The molecule has 2 aromatic rings. The van der Waals surface area contributed by atoms with Gasteiger partial charge in [0.15, 0.2) is 6.61 Å². The molecule has 1 amide bonds. The minimum Gasteiger partial charge on any atom is -0.492 e. The molecule has 192 valence electrons. The number of nitrogens with zero attached hydrogens (tertiary/aromatic N) is 2. The summed E-state index contributed by atoms with van der Waals surface area (Å²) < 4.78 is 62.2. The number of sulfonamides is 2. The fraction of sp³-hybridized carbons (Fsp3) is 0.435. The van der Waals surface area contributed by atoms with E-state index in [9.17, 15) is 21.6 Å². The van der Waals surface area contributed by atoms with Gasteiger partial charge in [0.25, 0.3) is 5.91 Å². The Morgan fingerprint density at radius 2 is 1.49 bits per heavy atom. The van der Waals surface area contributed by atoms with Gasteiger partial charge in [-0.2, -0.15) is 4.31 Å². The molecule has 0 aliphatic carbocycles. The van der Waals surface area contributed by atoms with Crippen molar-refractivity contribution >= 4 is 31.6 Å². The van der Waals surface area contributed by atoms with Gasteiger partial charge in [-0.25, -0.2) is 16.8 Å². The lowest BCUT2D eigenvalue weighted by molar-refractivity contribution is -0.123. The zero-order chi connectivity index (χ0) is 25.5. The van der Waals surface area contributed by atoms with Crippen LogP contribution < -0.4 is 19.1 Å². The first-order valence-corrected chi connectivity index (χ1v) is 14.5. The number of piperidine rings is 1. The van der Waals surface area contributed by atoms with Gasteiger partial charge in [-0.1, -0.05) is 6.42 Å². The first kappa shape index (κ1) is 26.8. The number of hydrogen-bond donors (Lipinski definition) is 1. The fourth-order valence-electron chi connectivity index (χ4n) is 3.47. The van der Waals surface area contributed by atoms with E-state index in [2.05, 4.69) is 5.32 Å². The summed E-state index contributed by atoms with van der Waals surface area (Å²) in [6.45, 7) is 1.35. The number of benzene rings is 2. The molecule has 1 N–H and O–H groups in total. The lowest BCUT2D eigenvalue weighted by atomic mass is 10.2. The summed E-state index contributed by atoms with van der Waals surface area (Å²) in [4.78, 5) is 12.2. The van der Waals surface area contributed by atoms with Crippen LogP contribution in [0.5, 0.6) is 11.5 Å². The summed E-state index contributed by atoms with van der Waals surface area (Å²) in [6, 6.07) is 12.6. The number of anilines is 1. The zero-order valence-corrected chi connectivity index (χ0v) is 21.5. The Bertz CT molecular complexity index is 1190. The van der Waals surface area contributed by atoms with E-state index in [-0.39, 0.29) is 30.6 Å². The van der Waals surface area contributed by atoms with Crippen LogP contribution in [0.1, 0.15) is 19.3 Å². The van der Waals surface area contributed by atoms with Crippen molar-refractivity contribution in [3.8, 4) is 11.5 Å². The van der Waals surface area contributed by atoms with E-state index in [1.807, 2.05) is 0 Å². The van der Waals surface area contributed by atoms with Crippen molar-refractivity contribution in [3.05, 3.63) is 48.5 Å². The Hall–Kier alpha value is -2.83. The van der Waals surface area contributed by atoms with Gasteiger partial charge in [-0.15, -0.1) is 0 Å². The van der Waals surface area contributed by atoms with Gasteiger partial charge in [-0.05, 0) is 61.4 Å². The van der Waals surface area contributed by atoms with Crippen molar-refractivity contribution in [2.45, 2.75) is 24.2 Å². The summed E-state index contributed by atoms with van der Waals surface area (Å²) in [5.74, 6) is 0.600. The number of carbonyl (C=O) groups is 1. The molecule has 35 heavy (non-hydrogen) atoms. The monoisotopic (exact) mass is 525 g/mol. The molecular weight excluding hydrogens is 494 g/mol. The first-order valence-electron chi connectivity index (χ1n) is 11.2. The van der Waals surface area contributed by atoms with Gasteiger partial charge in [0.2, 0.25) is 20.0 Å². The molecule has 12 heteroatoms. The molecule has 0 spiro atoms. The molecule has 1 aliphatic heterocycles. The van der Waals surface area contributed by atoms with Crippen LogP contribution in [-0.2, 0) is 24.8 Å². The second kappa shape index (κ2) is 11.7. The number of amides is 1. The van der Waals surface area contributed by atoms with E-state index in [0.29, 0.717) is 30.3 Å². The number of carbonyl (C=O) groups excluding carboxylic acids is 1. The summed E-state index contributed by atoms with van der Waals surface area (Å²) in [7, 11) is -5.38. The molecular formula is C23H31N3O7S2. The van der Waals surface area contributed by atoms with E-state index in [0.717, 1.165) is 29.8 Å². The average Bonchev–Trinajstić information content (AvgIpc) is 2.85. The number of nitrogens with one attached hydrogen (secondary N) is 1. The van der Waals surface area contributed by atoms with Crippen molar-refractivity contribution in [1.82, 2.24) is 9.62 Å². The van der Waals surface area contributed by atoms with Crippen LogP contribution in [0.15, 0.2) is 53.4 Å². The molecule has 0 bridgehead atoms. The minimum atomic E-state index is -3.48. The van der Waals surface area contributed by atoms with Gasteiger partial charge in [0, 0.05) is 20.1 Å². The number of hydrogen-bond acceptors (Lipinski definition) is 7. The topological polar surface area (TPSA) is 122 Å². The van der Waals surface area contributed by atoms with Gasteiger partial charge < -0.3 is 14.8 Å². The van der Waals surface area contributed by atoms with E-state index < -0.39 is 20.0 Å². The molecule has 10 nitrogen and oxygen atoms in total. The van der Waals surface area contributed by atoms with Crippen molar-refractivity contribution < 1.29 is 31.1 Å². The SMILES string of the molecule is CN(c1ccc(OCC(=O)NCCOc2ccc(S(=O)(=O)N3CCCCC3)cc2)cc1)S(C)(=O)=O. The van der Waals surface area contributed by atoms with Gasteiger partial charge >= 0.3 is 0 Å². The van der Waals surface area contributed by atoms with Crippen molar-refractivity contribution in [2.75, 3.05) is 50.5 Å². The predicted molar refractivity (Wildman–Crippen MR) is 133 cm³/mol. The quantitative estimate of drug-likeness (QED) is 0.444. The largest absolute Gasteiger partial charge is 0.492 e. The van der Waals surface area contributed by atoms with Gasteiger partial charge in [0.05, 0.1) is 23.4 Å². The third-order valence-electron chi connectivity index (χ3n) is 5.54. The van der Waals surface area contributed by atoms with Crippen LogP contribution in [0.4, 0.5) is 5.69 Å². The van der Waals surface area contributed by atoms with Crippen LogP contribution in [0.2, 0.25) is 0 Å². The van der Waals surface area contributed by atoms with Crippen molar-refractivity contribution in [2.24, 2.45) is 0 Å². The predicted octanol–water partition coefficient (Wildman–Crippen LogP) is 1.83. The molecule has 0 aromatic heterocycles. The minimum absolute atomic E-state index is 0.204. The summed E-state index contributed by atoms with van der Waals surface area (Å²) in [6.07, 6.45) is 3.93. The molecule has 0 saturated carbocycles. The van der Waals surface area contributed by atoms with Crippen LogP contribution in [0, 0.1) is 0 Å². The van der Waals surface area contributed by atoms with E-state index in [1.165, 1.54) is 23.5 Å². The van der Waals surface area contributed by atoms with E-state index >= 15 is 0 Å². The standard InChI is InChI=1S/C23H31N3O7S2/c1-25(34(2,28)29)19-6-8-21(9-7-19)33-18-23(27)24-14-17-32-20-10-12-22(13-11-20)35(30,31)26-15-4-3-5-16-26/h6-13H,3-5,14-18H2,1-2H3,(H,24,27). The van der Waals surface area contributed by atoms with Crippen molar-refractivity contribution in [3.63, 3.8) is 0 Å². The third kappa shape index (κ3) is 7.58. The Balaban J connectivity index is 1.38. The zero-order valence-electron chi connectivity index (χ0n) is 19.8. The van der Waals surface area contributed by atoms with Gasteiger partial charge in [0.1, 0.15) is 18.1 Å². The van der Waals surface area contributed by atoms with Crippen LogP contribution in [-0.4, -0.2) is 73.2 Å². The highest BCUT2D eigenvalue weighted by Crippen LogP contribution is 2.23. The Labute approximate surface area is 206 Å². The maximum absolute atomic E-state index is 12.7. The van der Waals surface area contributed by atoms with Crippen molar-refractivity contribution in [1.29, 1.82) is 0 Å². The van der Waals surface area contributed by atoms with E-state index in [4.69, 9.17) is 9.47 Å².